The van der Waals surface area contributed by atoms with Crippen LogP contribution >= 0.6 is 0 Å². The molecule has 0 radical (unpaired) electrons. The van der Waals surface area contributed by atoms with Gasteiger partial charge in [0.1, 0.15) is 18.2 Å². The zero-order valence-electron chi connectivity index (χ0n) is 18.5. The minimum Gasteiger partial charge on any atom is -0.487 e. The molecular formula is C27H28FN3O2. The first-order chi connectivity index (χ1) is 16.2. The molecule has 2 fully saturated rings. The summed E-state index contributed by atoms with van der Waals surface area (Å²) in [5.74, 6) is 0.704. The van der Waals surface area contributed by atoms with Gasteiger partial charge in [0.2, 0.25) is 5.91 Å². The fourth-order valence-corrected chi connectivity index (χ4v) is 5.09. The molecule has 3 heterocycles. The Bertz CT molecular complexity index is 1090. The lowest BCUT2D eigenvalue weighted by Crippen LogP contribution is -2.42. The molecule has 1 amide bonds. The third-order valence-electron chi connectivity index (χ3n) is 6.68. The Kier molecular flexibility index (Phi) is 6.35. The highest BCUT2D eigenvalue weighted by molar-refractivity contribution is 5.76. The van der Waals surface area contributed by atoms with Crippen LogP contribution in [0.2, 0.25) is 0 Å². The SMILES string of the molecule is O=C1CCC[C@@H]2[C@H](C[C@@H](c3ccccc3F)N2Cc2ccc(OCc3ccccn3)cc2)N1. The van der Waals surface area contributed by atoms with Crippen LogP contribution in [-0.4, -0.2) is 27.9 Å². The summed E-state index contributed by atoms with van der Waals surface area (Å²) < 4.78 is 20.6. The summed E-state index contributed by atoms with van der Waals surface area (Å²) in [6.45, 7) is 1.11. The third kappa shape index (κ3) is 4.91. The Hall–Kier alpha value is -3.25. The fourth-order valence-electron chi connectivity index (χ4n) is 5.09. The second-order valence-electron chi connectivity index (χ2n) is 8.83. The Morgan fingerprint density at radius 3 is 2.67 bits per heavy atom. The van der Waals surface area contributed by atoms with Gasteiger partial charge in [0, 0.05) is 42.9 Å². The molecule has 0 aliphatic carbocycles. The van der Waals surface area contributed by atoms with E-state index in [4.69, 9.17) is 4.74 Å². The van der Waals surface area contributed by atoms with Crippen LogP contribution in [0.1, 0.15) is 48.5 Å². The minimum atomic E-state index is -0.187. The molecule has 2 aliphatic heterocycles. The van der Waals surface area contributed by atoms with E-state index >= 15 is 0 Å². The van der Waals surface area contributed by atoms with Crippen molar-refractivity contribution in [2.24, 2.45) is 0 Å². The van der Waals surface area contributed by atoms with E-state index in [9.17, 15) is 9.18 Å². The molecule has 5 nitrogen and oxygen atoms in total. The molecule has 0 saturated carbocycles. The summed E-state index contributed by atoms with van der Waals surface area (Å²) in [6, 6.07) is 21.0. The molecule has 5 rings (SSSR count). The van der Waals surface area contributed by atoms with E-state index in [1.807, 2.05) is 42.5 Å². The van der Waals surface area contributed by atoms with Crippen molar-refractivity contribution in [3.63, 3.8) is 0 Å². The highest BCUT2D eigenvalue weighted by atomic mass is 19.1. The summed E-state index contributed by atoms with van der Waals surface area (Å²) in [4.78, 5) is 18.8. The van der Waals surface area contributed by atoms with Crippen LogP contribution in [0.3, 0.4) is 0 Å². The van der Waals surface area contributed by atoms with Gasteiger partial charge in [-0.25, -0.2) is 4.39 Å². The number of hydrogen-bond acceptors (Lipinski definition) is 4. The minimum absolute atomic E-state index is 0.0468. The molecule has 3 atom stereocenters. The molecule has 3 aromatic rings. The van der Waals surface area contributed by atoms with Crippen LogP contribution in [0, 0.1) is 5.82 Å². The molecule has 6 heteroatoms. The fraction of sp³-hybridized carbons (Fsp3) is 0.333. The topological polar surface area (TPSA) is 54.5 Å². The number of benzene rings is 2. The van der Waals surface area contributed by atoms with E-state index in [2.05, 4.69) is 27.3 Å². The van der Waals surface area contributed by atoms with Crippen molar-refractivity contribution in [3.8, 4) is 5.75 Å². The Morgan fingerprint density at radius 1 is 1.06 bits per heavy atom. The summed E-state index contributed by atoms with van der Waals surface area (Å²) in [6.07, 6.45) is 4.83. The van der Waals surface area contributed by atoms with E-state index < -0.39 is 0 Å². The van der Waals surface area contributed by atoms with Gasteiger partial charge in [-0.05, 0) is 55.2 Å². The number of nitrogens with zero attached hydrogens (tertiary/aromatic N) is 2. The molecular weight excluding hydrogens is 417 g/mol. The molecule has 2 aromatic carbocycles. The van der Waals surface area contributed by atoms with Crippen LogP contribution in [0.5, 0.6) is 5.75 Å². The average molecular weight is 446 g/mol. The molecule has 33 heavy (non-hydrogen) atoms. The number of amides is 1. The second-order valence-corrected chi connectivity index (χ2v) is 8.83. The lowest BCUT2D eigenvalue weighted by Gasteiger charge is -2.31. The van der Waals surface area contributed by atoms with Crippen LogP contribution in [0.4, 0.5) is 4.39 Å². The van der Waals surface area contributed by atoms with Crippen molar-refractivity contribution in [2.75, 3.05) is 0 Å². The van der Waals surface area contributed by atoms with E-state index in [0.29, 0.717) is 25.1 Å². The van der Waals surface area contributed by atoms with Gasteiger partial charge in [-0.2, -0.15) is 0 Å². The number of nitrogens with one attached hydrogen (secondary N) is 1. The number of halogens is 1. The quantitative estimate of drug-likeness (QED) is 0.593. The smallest absolute Gasteiger partial charge is 0.220 e. The highest BCUT2D eigenvalue weighted by Gasteiger charge is 2.43. The van der Waals surface area contributed by atoms with Gasteiger partial charge < -0.3 is 10.1 Å². The average Bonchev–Trinajstić information content (AvgIpc) is 3.04. The Labute approximate surface area is 193 Å². The predicted octanol–water partition coefficient (Wildman–Crippen LogP) is 4.78. The number of carbonyl (C=O) groups excluding carboxylic acids is 1. The van der Waals surface area contributed by atoms with E-state index in [1.165, 1.54) is 6.07 Å². The first-order valence-corrected chi connectivity index (χ1v) is 11.6. The monoisotopic (exact) mass is 445 g/mol. The van der Waals surface area contributed by atoms with Crippen molar-refractivity contribution in [1.29, 1.82) is 0 Å². The predicted molar refractivity (Wildman–Crippen MR) is 124 cm³/mol. The van der Waals surface area contributed by atoms with Gasteiger partial charge in [-0.15, -0.1) is 0 Å². The maximum atomic E-state index is 14.7. The Morgan fingerprint density at radius 2 is 1.88 bits per heavy atom. The summed E-state index contributed by atoms with van der Waals surface area (Å²) in [5.41, 5.74) is 2.72. The third-order valence-corrected chi connectivity index (χ3v) is 6.68. The first kappa shape index (κ1) is 21.6. The number of fused-ring (bicyclic) bond motifs is 1. The lowest BCUT2D eigenvalue weighted by atomic mass is 10.0. The van der Waals surface area contributed by atoms with Gasteiger partial charge in [0.15, 0.2) is 0 Å². The van der Waals surface area contributed by atoms with Crippen molar-refractivity contribution >= 4 is 5.91 Å². The first-order valence-electron chi connectivity index (χ1n) is 11.6. The van der Waals surface area contributed by atoms with Crippen LogP contribution < -0.4 is 10.1 Å². The number of carbonyl (C=O) groups is 1. The standard InChI is InChI=1S/C27H28FN3O2/c28-23-8-2-1-7-22(23)26-16-24-25(9-5-10-27(32)30-24)31(26)17-19-11-13-21(14-12-19)33-18-20-6-3-4-15-29-20/h1-4,6-8,11-15,24-26H,5,9-10,16-18H2,(H,30,32)/t24-,25+,26-/m0/s1. The molecule has 1 aromatic heterocycles. The van der Waals surface area contributed by atoms with E-state index in [-0.39, 0.29) is 29.8 Å². The number of hydrogen-bond donors (Lipinski definition) is 1. The van der Waals surface area contributed by atoms with Crippen molar-refractivity contribution in [1.82, 2.24) is 15.2 Å². The normalized spacial score (nSPS) is 22.9. The highest BCUT2D eigenvalue weighted by Crippen LogP contribution is 2.41. The number of rotatable bonds is 6. The zero-order chi connectivity index (χ0) is 22.6. The van der Waals surface area contributed by atoms with E-state index in [1.54, 1.807) is 12.3 Å². The van der Waals surface area contributed by atoms with Gasteiger partial charge in [0.05, 0.1) is 5.69 Å². The number of pyridine rings is 1. The number of aromatic nitrogens is 1. The van der Waals surface area contributed by atoms with Gasteiger partial charge in [0.25, 0.3) is 0 Å². The second kappa shape index (κ2) is 9.71. The molecule has 170 valence electrons. The largest absolute Gasteiger partial charge is 0.487 e. The summed E-state index contributed by atoms with van der Waals surface area (Å²) >= 11 is 0. The van der Waals surface area contributed by atoms with Crippen molar-refractivity contribution in [3.05, 3.63) is 95.6 Å². The van der Waals surface area contributed by atoms with Crippen molar-refractivity contribution in [2.45, 2.75) is 57.0 Å². The Balaban J connectivity index is 1.34. The maximum absolute atomic E-state index is 14.7. The molecule has 0 bridgehead atoms. The van der Waals surface area contributed by atoms with Gasteiger partial charge in [-0.1, -0.05) is 36.4 Å². The molecule has 0 spiro atoms. The lowest BCUT2D eigenvalue weighted by molar-refractivity contribution is -0.121. The zero-order valence-corrected chi connectivity index (χ0v) is 18.5. The van der Waals surface area contributed by atoms with Crippen LogP contribution in [0.25, 0.3) is 0 Å². The van der Waals surface area contributed by atoms with Crippen LogP contribution in [0.15, 0.2) is 72.9 Å². The van der Waals surface area contributed by atoms with Gasteiger partial charge >= 0.3 is 0 Å². The maximum Gasteiger partial charge on any atom is 0.220 e. The van der Waals surface area contributed by atoms with Crippen LogP contribution in [-0.2, 0) is 17.9 Å². The molecule has 2 saturated heterocycles. The summed E-state index contributed by atoms with van der Waals surface area (Å²) in [5, 5.41) is 3.19. The molecule has 0 unspecified atom stereocenters. The number of ether oxygens (including phenoxy) is 1. The molecule has 1 N–H and O–H groups in total. The van der Waals surface area contributed by atoms with Gasteiger partial charge in [-0.3, -0.25) is 14.7 Å². The molecule has 2 aliphatic rings. The van der Waals surface area contributed by atoms with E-state index in [0.717, 1.165) is 36.3 Å². The summed E-state index contributed by atoms with van der Waals surface area (Å²) in [7, 11) is 0. The number of likely N-dealkylation sites (tertiary alicyclic amines) is 1. The van der Waals surface area contributed by atoms with Crippen molar-refractivity contribution < 1.29 is 13.9 Å².